The molecule has 1 aliphatic carbocycles. The number of carboxylic acids is 1. The third-order valence-electron chi connectivity index (χ3n) is 7.52. The van der Waals surface area contributed by atoms with Gasteiger partial charge in [0.2, 0.25) is 17.7 Å². The molecule has 13 heteroatoms. The summed E-state index contributed by atoms with van der Waals surface area (Å²) >= 11 is 1.48. The lowest BCUT2D eigenvalue weighted by atomic mass is 10.1. The highest BCUT2D eigenvalue weighted by Crippen LogP contribution is 2.45. The number of thiophene rings is 1. The third kappa shape index (κ3) is 4.51. The van der Waals surface area contributed by atoms with Crippen molar-refractivity contribution >= 4 is 46.2 Å². The first-order valence-electron chi connectivity index (χ1n) is 12.8. The van der Waals surface area contributed by atoms with Gasteiger partial charge in [0.25, 0.3) is 0 Å². The number of benzene rings is 1. The van der Waals surface area contributed by atoms with Crippen LogP contribution in [0.1, 0.15) is 12.8 Å². The minimum absolute atomic E-state index is 0.0344. The van der Waals surface area contributed by atoms with E-state index in [1.54, 1.807) is 0 Å². The Morgan fingerprint density at radius 3 is 2.60 bits per heavy atom. The highest BCUT2D eigenvalue weighted by atomic mass is 32.1. The average Bonchev–Trinajstić information content (AvgIpc) is 3.37. The number of carbonyl (C=O) groups is 4. The lowest BCUT2D eigenvalue weighted by Crippen LogP contribution is -2.55. The molecule has 3 aromatic rings. The van der Waals surface area contributed by atoms with E-state index in [9.17, 15) is 24.3 Å². The summed E-state index contributed by atoms with van der Waals surface area (Å²) in [6.45, 7) is 3.77. The van der Waals surface area contributed by atoms with E-state index < -0.39 is 53.5 Å². The van der Waals surface area contributed by atoms with E-state index in [0.29, 0.717) is 16.7 Å². The van der Waals surface area contributed by atoms with Crippen molar-refractivity contribution in [2.24, 2.45) is 5.92 Å². The summed E-state index contributed by atoms with van der Waals surface area (Å²) in [5.41, 5.74) is 0.420. The molecule has 2 saturated heterocycles. The zero-order chi connectivity index (χ0) is 28.0. The molecule has 2 aromatic heterocycles. The number of nitrogens with one attached hydrogen (secondary N) is 3. The zero-order valence-electron chi connectivity index (χ0n) is 21.2. The Morgan fingerprint density at radius 2 is 1.98 bits per heavy atom. The molecule has 3 fully saturated rings. The van der Waals surface area contributed by atoms with E-state index in [4.69, 9.17) is 14.7 Å². The van der Waals surface area contributed by atoms with Crippen molar-refractivity contribution in [3.8, 4) is 16.5 Å². The number of aliphatic carboxylic acids is 1. The molecule has 206 valence electrons. The van der Waals surface area contributed by atoms with Gasteiger partial charge >= 0.3 is 12.0 Å². The van der Waals surface area contributed by atoms with E-state index in [0.717, 1.165) is 4.88 Å². The fourth-order valence-corrected chi connectivity index (χ4v) is 6.00. The van der Waals surface area contributed by atoms with Crippen molar-refractivity contribution in [3.63, 3.8) is 0 Å². The lowest BCUT2D eigenvalue weighted by molar-refractivity contribution is -0.145. The summed E-state index contributed by atoms with van der Waals surface area (Å²) in [5, 5.41) is 19.5. The van der Waals surface area contributed by atoms with Crippen LogP contribution in [0.3, 0.4) is 0 Å². The van der Waals surface area contributed by atoms with Gasteiger partial charge in [-0.2, -0.15) is 0 Å². The molecular weight excluding hydrogens is 536 g/mol. The number of urea groups is 1. The Bertz CT molecular complexity index is 1530. The third-order valence-corrected chi connectivity index (χ3v) is 8.39. The second-order valence-corrected chi connectivity index (χ2v) is 11.0. The normalized spacial score (nSPS) is 27.1. The highest BCUT2D eigenvalue weighted by molar-refractivity contribution is 7.13. The molecule has 1 aromatic carbocycles. The van der Waals surface area contributed by atoms with Crippen LogP contribution in [0.2, 0.25) is 0 Å². The van der Waals surface area contributed by atoms with E-state index in [1.165, 1.54) is 22.3 Å². The second kappa shape index (κ2) is 9.90. The van der Waals surface area contributed by atoms with E-state index in [-0.39, 0.29) is 31.8 Å². The molecule has 4 N–H and O–H groups in total. The van der Waals surface area contributed by atoms with Crippen molar-refractivity contribution in [2.75, 3.05) is 13.1 Å². The number of hydrogen-bond acceptors (Lipinski definition) is 8. The molecule has 0 unspecified atom stereocenters. The first-order chi connectivity index (χ1) is 19.3. The van der Waals surface area contributed by atoms with Crippen LogP contribution in [-0.2, 0) is 14.4 Å². The number of amides is 4. The number of rotatable bonds is 8. The Labute approximate surface area is 232 Å². The smallest absolute Gasteiger partial charge is 0.330 e. The van der Waals surface area contributed by atoms with Crippen LogP contribution in [0.25, 0.3) is 21.6 Å². The number of carbonyl (C=O) groups excluding carboxylic acids is 3. The Morgan fingerprint density at radius 1 is 1.20 bits per heavy atom. The van der Waals surface area contributed by atoms with Gasteiger partial charge in [0, 0.05) is 18.9 Å². The van der Waals surface area contributed by atoms with Crippen molar-refractivity contribution in [1.82, 2.24) is 30.8 Å². The van der Waals surface area contributed by atoms with Crippen LogP contribution in [-0.4, -0.2) is 80.6 Å². The van der Waals surface area contributed by atoms with Gasteiger partial charge in [-0.15, -0.1) is 17.9 Å². The maximum atomic E-state index is 13.5. The van der Waals surface area contributed by atoms with E-state index >= 15 is 0 Å². The Kier molecular flexibility index (Phi) is 6.37. The average molecular weight is 563 g/mol. The summed E-state index contributed by atoms with van der Waals surface area (Å²) in [5.74, 6) is -2.37. The quantitative estimate of drug-likeness (QED) is 0.301. The molecule has 0 spiro atoms. The van der Waals surface area contributed by atoms with E-state index in [1.807, 2.05) is 41.8 Å². The second-order valence-electron chi connectivity index (χ2n) is 10.0. The number of nitrogens with zero attached hydrogens (tertiary/aromatic N) is 3. The monoisotopic (exact) mass is 562 g/mol. The fourth-order valence-electron chi connectivity index (χ4n) is 5.30. The molecule has 12 nitrogen and oxygen atoms in total. The van der Waals surface area contributed by atoms with Gasteiger partial charge in [0.05, 0.1) is 22.5 Å². The molecular formula is C27H26N6O6S. The SMILES string of the molecule is C=C[C@@H]1C[C@]1(NC(=O)[C@@H]1C[C@@H](Oc2nc3ccccc3nc2-c2cccs2)CN1C(=O)[C@@H]1CNC(=O)N1)C(=O)O. The van der Waals surface area contributed by atoms with Crippen LogP contribution in [0.15, 0.2) is 54.4 Å². The summed E-state index contributed by atoms with van der Waals surface area (Å²) in [7, 11) is 0. The van der Waals surface area contributed by atoms with Gasteiger partial charge in [-0.25, -0.2) is 19.6 Å². The van der Waals surface area contributed by atoms with Gasteiger partial charge in [0.1, 0.15) is 29.4 Å². The number of fused-ring (bicyclic) bond motifs is 1. The number of para-hydroxylation sites is 2. The maximum Gasteiger partial charge on any atom is 0.330 e. The number of hydrogen-bond donors (Lipinski definition) is 4. The van der Waals surface area contributed by atoms with E-state index in [2.05, 4.69) is 22.5 Å². The predicted octanol–water partition coefficient (Wildman–Crippen LogP) is 1.53. The molecule has 6 rings (SSSR count). The highest BCUT2D eigenvalue weighted by Gasteiger charge is 2.61. The molecule has 5 atom stereocenters. The summed E-state index contributed by atoms with van der Waals surface area (Å²) < 4.78 is 6.34. The maximum absolute atomic E-state index is 13.5. The summed E-state index contributed by atoms with van der Waals surface area (Å²) in [6.07, 6.45) is 1.17. The molecule has 1 saturated carbocycles. The fraction of sp³-hybridized carbons (Fsp3) is 0.333. The number of aromatic nitrogens is 2. The van der Waals surface area contributed by atoms with Crippen molar-refractivity contribution < 1.29 is 29.0 Å². The van der Waals surface area contributed by atoms with Gasteiger partial charge < -0.3 is 30.7 Å². The molecule has 40 heavy (non-hydrogen) atoms. The van der Waals surface area contributed by atoms with Crippen LogP contribution < -0.4 is 20.7 Å². The predicted molar refractivity (Wildman–Crippen MR) is 145 cm³/mol. The van der Waals surface area contributed by atoms with Crippen LogP contribution in [0.4, 0.5) is 4.79 Å². The Balaban J connectivity index is 1.30. The minimum Gasteiger partial charge on any atom is -0.479 e. The van der Waals surface area contributed by atoms with Crippen molar-refractivity contribution in [1.29, 1.82) is 0 Å². The van der Waals surface area contributed by atoms with Gasteiger partial charge in [0.15, 0.2) is 0 Å². The molecule has 2 aliphatic heterocycles. The minimum atomic E-state index is -1.45. The van der Waals surface area contributed by atoms with Crippen LogP contribution in [0.5, 0.6) is 5.88 Å². The van der Waals surface area contributed by atoms with Crippen LogP contribution in [0, 0.1) is 5.92 Å². The van der Waals surface area contributed by atoms with Crippen molar-refractivity contribution in [2.45, 2.75) is 36.6 Å². The molecule has 0 bridgehead atoms. The number of likely N-dealkylation sites (tertiary alicyclic amines) is 1. The largest absolute Gasteiger partial charge is 0.479 e. The van der Waals surface area contributed by atoms with Crippen LogP contribution >= 0.6 is 11.3 Å². The van der Waals surface area contributed by atoms with Crippen molar-refractivity contribution in [3.05, 3.63) is 54.4 Å². The first kappa shape index (κ1) is 25.7. The van der Waals surface area contributed by atoms with Gasteiger partial charge in [-0.1, -0.05) is 24.3 Å². The molecule has 0 radical (unpaired) electrons. The zero-order valence-corrected chi connectivity index (χ0v) is 22.0. The summed E-state index contributed by atoms with van der Waals surface area (Å²) in [4.78, 5) is 62.3. The Hall–Kier alpha value is -4.52. The molecule has 4 heterocycles. The topological polar surface area (TPSA) is 163 Å². The summed E-state index contributed by atoms with van der Waals surface area (Å²) in [6, 6.07) is 8.84. The number of carboxylic acid groups (broad SMARTS) is 1. The van der Waals surface area contributed by atoms with Gasteiger partial charge in [-0.3, -0.25) is 9.59 Å². The van der Waals surface area contributed by atoms with Gasteiger partial charge in [-0.05, 0) is 30.0 Å². The lowest BCUT2D eigenvalue weighted by Gasteiger charge is -2.27. The molecule has 3 aliphatic rings. The standard InChI is InChI=1S/C27H26N6O6S/c1-2-14-11-27(14,25(36)37)32-22(34)19-10-15(13-33(19)24(35)18-12-28-26(38)31-18)39-23-21(20-8-5-9-40-20)29-16-6-3-4-7-17(16)30-23/h2-9,14-15,18-19H,1,10-13H2,(H,32,34)(H,36,37)(H2,28,31,38)/t14-,15-,18+,19+,27-/m1/s1. The number of ether oxygens (including phenoxy) is 1. The molecule has 4 amide bonds. The first-order valence-corrected chi connectivity index (χ1v) is 13.7.